The number of halogens is 2. The maximum absolute atomic E-state index is 5.32. The third kappa shape index (κ3) is 13.5. The Bertz CT molecular complexity index is 66.5. The molecule has 0 aliphatic rings. The Labute approximate surface area is 81.1 Å². The summed E-state index contributed by atoms with van der Waals surface area (Å²) in [5.74, 6) is 0. The average molecular weight is 205 g/mol. The molecule has 0 amide bonds. The maximum atomic E-state index is 5.32. The predicted molar refractivity (Wildman–Crippen MR) is 52.9 cm³/mol. The van der Waals surface area contributed by atoms with Gasteiger partial charge in [0.2, 0.25) is 0 Å². The first-order valence-electron chi connectivity index (χ1n) is 3.18. The fourth-order valence-electron chi connectivity index (χ4n) is 0.579. The number of hydrogen-bond donors (Lipinski definition) is 1. The van der Waals surface area contributed by atoms with Gasteiger partial charge in [0.15, 0.2) is 0 Å². The zero-order chi connectivity index (χ0) is 7.11. The summed E-state index contributed by atoms with van der Waals surface area (Å²) in [6, 6.07) is 0. The molecule has 0 unspecified atom stereocenters. The summed E-state index contributed by atoms with van der Waals surface area (Å²) in [5.41, 5.74) is 5.32. The number of likely N-dealkylation sites (N-methyl/N-ethyl adjacent to an activating group) is 1. The van der Waals surface area contributed by atoms with Crippen molar-refractivity contribution in [3.05, 3.63) is 0 Å². The summed E-state index contributed by atoms with van der Waals surface area (Å²) >= 11 is 0. The van der Waals surface area contributed by atoms with Gasteiger partial charge in [-0.1, -0.05) is 0 Å². The fourth-order valence-corrected chi connectivity index (χ4v) is 0.579. The van der Waals surface area contributed by atoms with Gasteiger partial charge in [0.25, 0.3) is 0 Å². The van der Waals surface area contributed by atoms with Gasteiger partial charge in [-0.3, -0.25) is 0 Å². The van der Waals surface area contributed by atoms with Crippen LogP contribution in [0.1, 0.15) is 0 Å². The van der Waals surface area contributed by atoms with E-state index in [0.717, 1.165) is 26.2 Å². The lowest BCUT2D eigenvalue weighted by molar-refractivity contribution is 0.163. The molecule has 0 fully saturated rings. The van der Waals surface area contributed by atoms with E-state index < -0.39 is 0 Å². The molecule has 0 radical (unpaired) electrons. The molecular weight excluding hydrogens is 187 g/mol. The topological polar surface area (TPSA) is 38.5 Å². The quantitative estimate of drug-likeness (QED) is 0.704. The Morgan fingerprint density at radius 3 is 2.18 bits per heavy atom. The molecule has 72 valence electrons. The summed E-state index contributed by atoms with van der Waals surface area (Å²) in [5, 5.41) is 0. The minimum absolute atomic E-state index is 0. The zero-order valence-corrected chi connectivity index (χ0v) is 8.71. The highest BCUT2D eigenvalue weighted by Crippen LogP contribution is 1.78. The monoisotopic (exact) mass is 204 g/mol. The molecule has 5 heteroatoms. The number of nitrogens with two attached hydrogens (primary N) is 1. The lowest BCUT2D eigenvalue weighted by Crippen LogP contribution is -2.28. The second kappa shape index (κ2) is 13.1. The molecule has 3 nitrogen and oxygen atoms in total. The molecule has 0 saturated carbocycles. The van der Waals surface area contributed by atoms with Crippen molar-refractivity contribution in [2.75, 3.05) is 40.4 Å². The normalized spacial score (nSPS) is 8.73. The maximum Gasteiger partial charge on any atom is 0.0589 e. The SMILES string of the molecule is COCCN(C)CCN.Cl.Cl. The minimum Gasteiger partial charge on any atom is -0.383 e. The Morgan fingerprint density at radius 1 is 1.27 bits per heavy atom. The van der Waals surface area contributed by atoms with Crippen molar-refractivity contribution >= 4 is 24.8 Å². The van der Waals surface area contributed by atoms with Crippen LogP contribution in [-0.2, 0) is 4.74 Å². The average Bonchev–Trinajstić information content (AvgIpc) is 1.85. The van der Waals surface area contributed by atoms with Crippen LogP contribution in [0.25, 0.3) is 0 Å². The lowest BCUT2D eigenvalue weighted by Gasteiger charge is -2.13. The van der Waals surface area contributed by atoms with Gasteiger partial charge in [-0.15, -0.1) is 24.8 Å². The van der Waals surface area contributed by atoms with Crippen LogP contribution in [0.15, 0.2) is 0 Å². The molecule has 0 spiro atoms. The van der Waals surface area contributed by atoms with Gasteiger partial charge >= 0.3 is 0 Å². The smallest absolute Gasteiger partial charge is 0.0589 e. The molecular formula is C6H18Cl2N2O. The number of nitrogens with zero attached hydrogens (tertiary/aromatic N) is 1. The van der Waals surface area contributed by atoms with Gasteiger partial charge < -0.3 is 15.4 Å². The molecule has 0 saturated heterocycles. The van der Waals surface area contributed by atoms with Gasteiger partial charge in [0.1, 0.15) is 0 Å². The molecule has 0 aromatic heterocycles. The summed E-state index contributed by atoms with van der Waals surface area (Å²) in [6.07, 6.45) is 0. The molecule has 0 aromatic rings. The van der Waals surface area contributed by atoms with E-state index in [9.17, 15) is 0 Å². The van der Waals surface area contributed by atoms with Crippen LogP contribution in [0.4, 0.5) is 0 Å². The first kappa shape index (κ1) is 17.5. The number of methoxy groups -OCH3 is 1. The first-order chi connectivity index (χ1) is 4.31. The molecule has 0 bridgehead atoms. The van der Waals surface area contributed by atoms with E-state index >= 15 is 0 Å². The van der Waals surface area contributed by atoms with Crippen LogP contribution in [0.5, 0.6) is 0 Å². The molecule has 11 heavy (non-hydrogen) atoms. The Kier molecular flexibility index (Phi) is 20.8. The highest BCUT2D eigenvalue weighted by Gasteiger charge is 1.92. The van der Waals surface area contributed by atoms with Crippen molar-refractivity contribution in [3.8, 4) is 0 Å². The Hall–Kier alpha value is 0.460. The zero-order valence-electron chi connectivity index (χ0n) is 7.08. The Balaban J connectivity index is -0.000000320. The highest BCUT2D eigenvalue weighted by atomic mass is 35.5. The van der Waals surface area contributed by atoms with E-state index in [-0.39, 0.29) is 24.8 Å². The molecule has 0 atom stereocenters. The molecule has 0 rings (SSSR count). The fraction of sp³-hybridized carbons (Fsp3) is 1.00. The summed E-state index contributed by atoms with van der Waals surface area (Å²) in [7, 11) is 3.74. The van der Waals surface area contributed by atoms with E-state index in [1.54, 1.807) is 7.11 Å². The molecule has 0 aromatic carbocycles. The van der Waals surface area contributed by atoms with Gasteiger partial charge in [0.05, 0.1) is 6.61 Å². The molecule has 2 N–H and O–H groups in total. The number of ether oxygens (including phenoxy) is 1. The predicted octanol–water partition coefficient (Wildman–Crippen LogP) is 0.367. The van der Waals surface area contributed by atoms with Gasteiger partial charge in [0, 0.05) is 26.7 Å². The van der Waals surface area contributed by atoms with E-state index in [0.29, 0.717) is 0 Å². The second-order valence-electron chi connectivity index (χ2n) is 2.08. The number of rotatable bonds is 5. The van der Waals surface area contributed by atoms with Crippen molar-refractivity contribution < 1.29 is 4.74 Å². The third-order valence-corrected chi connectivity index (χ3v) is 1.19. The standard InChI is InChI=1S/C6H16N2O.2ClH/c1-8(4-3-7)5-6-9-2;;/h3-7H2,1-2H3;2*1H. The van der Waals surface area contributed by atoms with E-state index in [2.05, 4.69) is 4.90 Å². The van der Waals surface area contributed by atoms with Crippen molar-refractivity contribution in [3.63, 3.8) is 0 Å². The second-order valence-corrected chi connectivity index (χ2v) is 2.08. The van der Waals surface area contributed by atoms with Crippen molar-refractivity contribution in [2.24, 2.45) is 5.73 Å². The van der Waals surface area contributed by atoms with Gasteiger partial charge in [-0.25, -0.2) is 0 Å². The summed E-state index contributed by atoms with van der Waals surface area (Å²) < 4.78 is 4.88. The van der Waals surface area contributed by atoms with Gasteiger partial charge in [-0.2, -0.15) is 0 Å². The van der Waals surface area contributed by atoms with Crippen LogP contribution in [-0.4, -0.2) is 45.3 Å². The van der Waals surface area contributed by atoms with Crippen molar-refractivity contribution in [1.82, 2.24) is 4.90 Å². The van der Waals surface area contributed by atoms with Crippen molar-refractivity contribution in [1.29, 1.82) is 0 Å². The molecule has 0 aliphatic carbocycles. The Morgan fingerprint density at radius 2 is 1.82 bits per heavy atom. The van der Waals surface area contributed by atoms with Crippen LogP contribution < -0.4 is 5.73 Å². The van der Waals surface area contributed by atoms with E-state index in [1.165, 1.54) is 0 Å². The first-order valence-corrected chi connectivity index (χ1v) is 3.18. The summed E-state index contributed by atoms with van der Waals surface area (Å²) in [6.45, 7) is 3.42. The van der Waals surface area contributed by atoms with Gasteiger partial charge in [-0.05, 0) is 7.05 Å². The third-order valence-electron chi connectivity index (χ3n) is 1.19. The lowest BCUT2D eigenvalue weighted by atomic mass is 10.5. The number of hydrogen-bond acceptors (Lipinski definition) is 3. The highest BCUT2D eigenvalue weighted by molar-refractivity contribution is 5.85. The van der Waals surface area contributed by atoms with E-state index in [1.807, 2.05) is 7.05 Å². The largest absolute Gasteiger partial charge is 0.383 e. The summed E-state index contributed by atoms with van der Waals surface area (Å²) in [4.78, 5) is 2.14. The van der Waals surface area contributed by atoms with Crippen LogP contribution in [0.3, 0.4) is 0 Å². The van der Waals surface area contributed by atoms with Crippen molar-refractivity contribution in [2.45, 2.75) is 0 Å². The van der Waals surface area contributed by atoms with Crippen LogP contribution in [0.2, 0.25) is 0 Å². The van der Waals surface area contributed by atoms with Crippen LogP contribution in [0, 0.1) is 0 Å². The molecule has 0 aliphatic heterocycles. The molecule has 0 heterocycles. The van der Waals surface area contributed by atoms with E-state index in [4.69, 9.17) is 10.5 Å². The minimum atomic E-state index is 0. The van der Waals surface area contributed by atoms with Crippen LogP contribution >= 0.6 is 24.8 Å².